The Bertz CT molecular complexity index is 124. The number of hydrogen-bond acceptors (Lipinski definition) is 2. The molecular formula is C8H14N2. The zero-order valence-corrected chi connectivity index (χ0v) is 6.19. The molecule has 0 spiro atoms. The van der Waals surface area contributed by atoms with Crippen LogP contribution in [-0.2, 0) is 0 Å². The molecule has 2 N–H and O–H groups in total. The summed E-state index contributed by atoms with van der Waals surface area (Å²) in [6.07, 6.45) is 3.79. The van der Waals surface area contributed by atoms with E-state index < -0.39 is 0 Å². The molecule has 1 rings (SSSR count). The lowest BCUT2D eigenvalue weighted by Crippen LogP contribution is -2.56. The Kier molecular flexibility index (Phi) is 2.25. The van der Waals surface area contributed by atoms with Gasteiger partial charge >= 0.3 is 0 Å². The molecule has 1 saturated heterocycles. The van der Waals surface area contributed by atoms with Crippen LogP contribution in [0.2, 0.25) is 0 Å². The van der Waals surface area contributed by atoms with Crippen LogP contribution in [0.5, 0.6) is 0 Å². The van der Waals surface area contributed by atoms with E-state index in [0.29, 0.717) is 0 Å². The minimum Gasteiger partial charge on any atom is -0.313 e. The second-order valence-electron chi connectivity index (χ2n) is 2.55. The molecule has 0 saturated carbocycles. The summed E-state index contributed by atoms with van der Waals surface area (Å²) in [5.74, 6) is 0. The summed E-state index contributed by atoms with van der Waals surface area (Å²) in [6.45, 7) is 10.4. The van der Waals surface area contributed by atoms with Gasteiger partial charge in [0.05, 0.1) is 5.54 Å². The first-order valence-electron chi connectivity index (χ1n) is 3.56. The normalized spacial score (nSPS) is 23.6. The van der Waals surface area contributed by atoms with E-state index in [1.165, 1.54) is 0 Å². The molecule has 0 aromatic heterocycles. The second kappa shape index (κ2) is 2.99. The number of rotatable bonds is 2. The van der Waals surface area contributed by atoms with Crippen LogP contribution < -0.4 is 10.6 Å². The topological polar surface area (TPSA) is 24.1 Å². The standard InChI is InChI=1S/C8H14N2/c1-3-8(4-2)7-9-5-6-10-8/h3-4,9-10H,1-2,5-7H2. The van der Waals surface area contributed by atoms with Crippen LogP contribution in [0.15, 0.2) is 25.3 Å². The van der Waals surface area contributed by atoms with E-state index in [9.17, 15) is 0 Å². The molecule has 0 unspecified atom stereocenters. The summed E-state index contributed by atoms with van der Waals surface area (Å²) in [5.41, 5.74) is -0.0712. The molecule has 0 atom stereocenters. The van der Waals surface area contributed by atoms with Gasteiger partial charge in [-0.15, -0.1) is 13.2 Å². The van der Waals surface area contributed by atoms with Crippen molar-refractivity contribution >= 4 is 0 Å². The van der Waals surface area contributed by atoms with Gasteiger partial charge in [0, 0.05) is 19.6 Å². The van der Waals surface area contributed by atoms with Crippen LogP contribution in [0, 0.1) is 0 Å². The van der Waals surface area contributed by atoms with Crippen molar-refractivity contribution in [2.24, 2.45) is 0 Å². The van der Waals surface area contributed by atoms with Gasteiger partial charge in [0.2, 0.25) is 0 Å². The van der Waals surface area contributed by atoms with Gasteiger partial charge in [-0.05, 0) is 0 Å². The molecule has 2 heteroatoms. The first-order chi connectivity index (χ1) is 4.83. The maximum Gasteiger partial charge on any atom is 0.0672 e. The Morgan fingerprint density at radius 2 is 1.90 bits per heavy atom. The lowest BCUT2D eigenvalue weighted by Gasteiger charge is -2.33. The largest absolute Gasteiger partial charge is 0.313 e. The molecule has 0 aromatic rings. The lowest BCUT2D eigenvalue weighted by atomic mass is 9.98. The molecule has 56 valence electrons. The highest BCUT2D eigenvalue weighted by molar-refractivity contribution is 5.16. The summed E-state index contributed by atoms with van der Waals surface area (Å²) in [4.78, 5) is 0. The van der Waals surface area contributed by atoms with Crippen LogP contribution >= 0.6 is 0 Å². The minimum absolute atomic E-state index is 0.0712. The molecule has 0 aliphatic carbocycles. The Balaban J connectivity index is 2.60. The van der Waals surface area contributed by atoms with Gasteiger partial charge in [0.1, 0.15) is 0 Å². The summed E-state index contributed by atoms with van der Waals surface area (Å²) < 4.78 is 0. The fourth-order valence-corrected chi connectivity index (χ4v) is 1.11. The van der Waals surface area contributed by atoms with Crippen molar-refractivity contribution in [2.75, 3.05) is 19.6 Å². The third-order valence-corrected chi connectivity index (χ3v) is 1.90. The average molecular weight is 138 g/mol. The van der Waals surface area contributed by atoms with Gasteiger partial charge in [-0.3, -0.25) is 0 Å². The SMILES string of the molecule is C=CC1(C=C)CNCCN1. The summed E-state index contributed by atoms with van der Waals surface area (Å²) >= 11 is 0. The monoisotopic (exact) mass is 138 g/mol. The van der Waals surface area contributed by atoms with Crippen LogP contribution in [0.3, 0.4) is 0 Å². The Morgan fingerprint density at radius 3 is 2.20 bits per heavy atom. The predicted octanol–water partition coefficient (Wildman–Crippen LogP) is 0.290. The molecule has 1 heterocycles. The zero-order valence-electron chi connectivity index (χ0n) is 6.19. The van der Waals surface area contributed by atoms with Gasteiger partial charge in [0.25, 0.3) is 0 Å². The molecule has 0 radical (unpaired) electrons. The van der Waals surface area contributed by atoms with E-state index >= 15 is 0 Å². The van der Waals surface area contributed by atoms with Crippen molar-refractivity contribution < 1.29 is 0 Å². The van der Waals surface area contributed by atoms with Crippen LogP contribution in [0.4, 0.5) is 0 Å². The quantitative estimate of drug-likeness (QED) is 0.536. The maximum absolute atomic E-state index is 3.75. The van der Waals surface area contributed by atoms with Gasteiger partial charge in [-0.1, -0.05) is 12.2 Å². The van der Waals surface area contributed by atoms with E-state index in [4.69, 9.17) is 0 Å². The molecule has 0 bridgehead atoms. The predicted molar refractivity (Wildman–Crippen MR) is 44.0 cm³/mol. The number of hydrogen-bond donors (Lipinski definition) is 2. The maximum atomic E-state index is 3.75. The Morgan fingerprint density at radius 1 is 1.20 bits per heavy atom. The van der Waals surface area contributed by atoms with Gasteiger partial charge < -0.3 is 10.6 Å². The lowest BCUT2D eigenvalue weighted by molar-refractivity contribution is 0.395. The van der Waals surface area contributed by atoms with Crippen molar-refractivity contribution in [2.45, 2.75) is 5.54 Å². The highest BCUT2D eigenvalue weighted by atomic mass is 15.1. The van der Waals surface area contributed by atoms with E-state index in [-0.39, 0.29) is 5.54 Å². The number of nitrogens with one attached hydrogen (secondary N) is 2. The summed E-state index contributed by atoms with van der Waals surface area (Å²) in [7, 11) is 0. The molecule has 0 amide bonds. The van der Waals surface area contributed by atoms with Gasteiger partial charge in [0.15, 0.2) is 0 Å². The molecular weight excluding hydrogens is 124 g/mol. The summed E-state index contributed by atoms with van der Waals surface area (Å²) in [6, 6.07) is 0. The van der Waals surface area contributed by atoms with Crippen LogP contribution in [0.25, 0.3) is 0 Å². The molecule has 1 fully saturated rings. The van der Waals surface area contributed by atoms with Gasteiger partial charge in [-0.2, -0.15) is 0 Å². The van der Waals surface area contributed by atoms with E-state index in [1.807, 2.05) is 12.2 Å². The van der Waals surface area contributed by atoms with E-state index in [2.05, 4.69) is 23.8 Å². The first kappa shape index (κ1) is 7.51. The third kappa shape index (κ3) is 1.28. The van der Waals surface area contributed by atoms with Gasteiger partial charge in [-0.25, -0.2) is 0 Å². The zero-order chi connectivity index (χ0) is 7.45. The van der Waals surface area contributed by atoms with Crippen molar-refractivity contribution in [1.82, 2.24) is 10.6 Å². The number of piperazine rings is 1. The smallest absolute Gasteiger partial charge is 0.0672 e. The Hall–Kier alpha value is -0.600. The molecule has 1 aliphatic rings. The fourth-order valence-electron chi connectivity index (χ4n) is 1.11. The molecule has 0 aromatic carbocycles. The molecule has 1 aliphatic heterocycles. The average Bonchev–Trinajstić information content (AvgIpc) is 2.06. The first-order valence-corrected chi connectivity index (χ1v) is 3.56. The summed E-state index contributed by atoms with van der Waals surface area (Å²) in [5, 5.41) is 6.61. The van der Waals surface area contributed by atoms with E-state index in [1.54, 1.807) is 0 Å². The van der Waals surface area contributed by atoms with E-state index in [0.717, 1.165) is 19.6 Å². The van der Waals surface area contributed by atoms with Crippen LogP contribution in [0.1, 0.15) is 0 Å². The Labute approximate surface area is 62.0 Å². The second-order valence-corrected chi connectivity index (χ2v) is 2.55. The van der Waals surface area contributed by atoms with Crippen molar-refractivity contribution in [3.63, 3.8) is 0 Å². The van der Waals surface area contributed by atoms with Crippen molar-refractivity contribution in [3.05, 3.63) is 25.3 Å². The minimum atomic E-state index is -0.0712. The third-order valence-electron chi connectivity index (χ3n) is 1.90. The van der Waals surface area contributed by atoms with Crippen LogP contribution in [-0.4, -0.2) is 25.2 Å². The highest BCUT2D eigenvalue weighted by Gasteiger charge is 2.23. The van der Waals surface area contributed by atoms with Crippen molar-refractivity contribution in [1.29, 1.82) is 0 Å². The molecule has 10 heavy (non-hydrogen) atoms. The van der Waals surface area contributed by atoms with Crippen molar-refractivity contribution in [3.8, 4) is 0 Å². The highest BCUT2D eigenvalue weighted by Crippen LogP contribution is 2.07. The molecule has 2 nitrogen and oxygen atoms in total. The fraction of sp³-hybridized carbons (Fsp3) is 0.500.